The van der Waals surface area contributed by atoms with Crippen LogP contribution in [0.25, 0.3) is 0 Å². The van der Waals surface area contributed by atoms with Crippen molar-refractivity contribution < 1.29 is 14.6 Å². The maximum Gasteiger partial charge on any atom is 0.136 e. The van der Waals surface area contributed by atoms with Crippen LogP contribution in [0, 0.1) is 17.1 Å². The average Bonchev–Trinajstić information content (AvgIpc) is 2.89. The van der Waals surface area contributed by atoms with Gasteiger partial charge in [0.1, 0.15) is 24.5 Å². The maximum absolute atomic E-state index is 13.7. The van der Waals surface area contributed by atoms with E-state index in [0.717, 1.165) is 6.07 Å². The molecule has 0 spiro atoms. The molecule has 6 heteroatoms. The Morgan fingerprint density at radius 3 is 2.89 bits per heavy atom. The monoisotopic (exact) mass is 261 g/mol. The largest absolute Gasteiger partial charge is 0.388 e. The predicted octanol–water partition coefficient (Wildman–Crippen LogP) is 1.12. The van der Waals surface area contributed by atoms with Gasteiger partial charge in [-0.05, 0) is 17.7 Å². The molecule has 1 atom stereocenters. The molecule has 2 aromatic rings. The van der Waals surface area contributed by atoms with Gasteiger partial charge in [-0.25, -0.2) is 9.37 Å². The summed E-state index contributed by atoms with van der Waals surface area (Å²) < 4.78 is 15.1. The van der Waals surface area contributed by atoms with Crippen LogP contribution in [0.5, 0.6) is 0 Å². The second-order valence-electron chi connectivity index (χ2n) is 4.01. The zero-order valence-corrected chi connectivity index (χ0v) is 9.99. The molecule has 0 fully saturated rings. The van der Waals surface area contributed by atoms with E-state index >= 15 is 0 Å². The van der Waals surface area contributed by atoms with E-state index in [9.17, 15) is 9.50 Å². The van der Waals surface area contributed by atoms with E-state index in [4.69, 9.17) is 10.4 Å². The highest BCUT2D eigenvalue weighted by molar-refractivity contribution is 5.33. The Bertz CT molecular complexity index is 619. The number of nitrogens with zero attached hydrogens (tertiary/aromatic N) is 3. The number of halogens is 1. The summed E-state index contributed by atoms with van der Waals surface area (Å²) in [5.41, 5.74) is 0.526. The van der Waals surface area contributed by atoms with Crippen molar-refractivity contribution in [3.63, 3.8) is 0 Å². The molecule has 0 bridgehead atoms. The molecule has 19 heavy (non-hydrogen) atoms. The quantitative estimate of drug-likeness (QED) is 0.864. The van der Waals surface area contributed by atoms with Crippen LogP contribution in [0.2, 0.25) is 0 Å². The molecule has 0 saturated heterocycles. The smallest absolute Gasteiger partial charge is 0.136 e. The first-order valence-electron chi connectivity index (χ1n) is 5.65. The molecule has 0 amide bonds. The Morgan fingerprint density at radius 1 is 1.47 bits per heavy atom. The summed E-state index contributed by atoms with van der Waals surface area (Å²) in [5, 5.41) is 27.7. The van der Waals surface area contributed by atoms with Gasteiger partial charge in [0.05, 0.1) is 11.6 Å². The summed E-state index contributed by atoms with van der Waals surface area (Å²) in [6.07, 6.45) is 1.97. The van der Waals surface area contributed by atoms with Crippen LogP contribution in [0.15, 0.2) is 30.6 Å². The highest BCUT2D eigenvalue weighted by Crippen LogP contribution is 2.17. The van der Waals surface area contributed by atoms with Crippen molar-refractivity contribution in [2.75, 3.05) is 0 Å². The number of benzene rings is 1. The number of aromatic nitrogens is 2. The summed E-state index contributed by atoms with van der Waals surface area (Å²) in [6, 6.07) is 5.93. The van der Waals surface area contributed by atoms with E-state index in [1.807, 2.05) is 6.07 Å². The molecular formula is C13H12FN3O2. The van der Waals surface area contributed by atoms with Gasteiger partial charge in [-0.2, -0.15) is 5.26 Å². The molecule has 0 aliphatic rings. The number of rotatable bonds is 4. The molecule has 0 aliphatic heterocycles. The van der Waals surface area contributed by atoms with E-state index in [2.05, 4.69) is 4.98 Å². The average molecular weight is 261 g/mol. The van der Waals surface area contributed by atoms with Gasteiger partial charge in [-0.15, -0.1) is 0 Å². The van der Waals surface area contributed by atoms with E-state index in [1.165, 1.54) is 29.1 Å². The van der Waals surface area contributed by atoms with Crippen LogP contribution in [0.3, 0.4) is 0 Å². The molecule has 1 heterocycles. The lowest BCUT2D eigenvalue weighted by Crippen LogP contribution is -2.14. The van der Waals surface area contributed by atoms with Crippen molar-refractivity contribution in [3.05, 3.63) is 53.4 Å². The van der Waals surface area contributed by atoms with Gasteiger partial charge in [-0.3, -0.25) is 0 Å². The van der Waals surface area contributed by atoms with Crippen LogP contribution < -0.4 is 0 Å². The third-order valence-electron chi connectivity index (χ3n) is 2.80. The van der Waals surface area contributed by atoms with Gasteiger partial charge in [0.15, 0.2) is 0 Å². The Balaban J connectivity index is 2.20. The molecular weight excluding hydrogens is 249 g/mol. The molecule has 0 saturated carbocycles. The number of aliphatic hydroxyl groups excluding tert-OH is 2. The van der Waals surface area contributed by atoms with Gasteiger partial charge in [-0.1, -0.05) is 6.07 Å². The van der Waals surface area contributed by atoms with Gasteiger partial charge in [0.2, 0.25) is 0 Å². The van der Waals surface area contributed by atoms with Crippen LogP contribution in [-0.4, -0.2) is 19.8 Å². The summed E-state index contributed by atoms with van der Waals surface area (Å²) in [4.78, 5) is 3.86. The van der Waals surface area contributed by atoms with E-state index in [-0.39, 0.29) is 18.6 Å². The Labute approximate surface area is 109 Å². The van der Waals surface area contributed by atoms with E-state index in [1.54, 1.807) is 0 Å². The Hall–Kier alpha value is -2.23. The normalized spacial score (nSPS) is 12.1. The van der Waals surface area contributed by atoms with E-state index in [0.29, 0.717) is 11.4 Å². The fourth-order valence-electron chi connectivity index (χ4n) is 1.82. The van der Waals surface area contributed by atoms with Crippen molar-refractivity contribution in [2.45, 2.75) is 19.3 Å². The topological polar surface area (TPSA) is 82.1 Å². The molecule has 1 unspecified atom stereocenters. The number of aliphatic hydroxyl groups is 2. The van der Waals surface area contributed by atoms with Crippen molar-refractivity contribution >= 4 is 0 Å². The second kappa shape index (κ2) is 5.61. The van der Waals surface area contributed by atoms with Crippen LogP contribution in [0.4, 0.5) is 4.39 Å². The third-order valence-corrected chi connectivity index (χ3v) is 2.80. The zero-order chi connectivity index (χ0) is 13.8. The molecule has 5 nitrogen and oxygen atoms in total. The van der Waals surface area contributed by atoms with E-state index < -0.39 is 12.0 Å². The Kier molecular flexibility index (Phi) is 3.90. The number of hydrogen-bond donors (Lipinski definition) is 2. The van der Waals surface area contributed by atoms with Crippen molar-refractivity contribution in [1.29, 1.82) is 5.26 Å². The molecule has 98 valence electrons. The highest BCUT2D eigenvalue weighted by atomic mass is 19.1. The molecule has 1 aromatic carbocycles. The molecule has 2 rings (SSSR count). The summed E-state index contributed by atoms with van der Waals surface area (Å²) in [6.45, 7) is -0.306. The third kappa shape index (κ3) is 2.78. The van der Waals surface area contributed by atoms with Crippen molar-refractivity contribution in [2.24, 2.45) is 0 Å². The predicted molar refractivity (Wildman–Crippen MR) is 64.2 cm³/mol. The first kappa shape index (κ1) is 13.2. The minimum atomic E-state index is -1.02. The summed E-state index contributed by atoms with van der Waals surface area (Å²) >= 11 is 0. The van der Waals surface area contributed by atoms with Gasteiger partial charge < -0.3 is 14.8 Å². The number of hydrogen-bond acceptors (Lipinski definition) is 4. The SMILES string of the molecule is N#Cc1ccc(CC(O)n2ccnc2CO)c(F)c1. The second-order valence-corrected chi connectivity index (χ2v) is 4.01. The van der Waals surface area contributed by atoms with Gasteiger partial charge in [0, 0.05) is 18.8 Å². The highest BCUT2D eigenvalue weighted by Gasteiger charge is 2.14. The summed E-state index contributed by atoms with van der Waals surface area (Å²) in [7, 11) is 0. The summed E-state index contributed by atoms with van der Waals surface area (Å²) in [5.74, 6) is -0.231. The number of imidazole rings is 1. The van der Waals surface area contributed by atoms with Crippen molar-refractivity contribution in [1.82, 2.24) is 9.55 Å². The fourth-order valence-corrected chi connectivity index (χ4v) is 1.82. The van der Waals surface area contributed by atoms with Gasteiger partial charge >= 0.3 is 0 Å². The maximum atomic E-state index is 13.7. The van der Waals surface area contributed by atoms with Gasteiger partial charge in [0.25, 0.3) is 0 Å². The molecule has 0 aliphatic carbocycles. The minimum Gasteiger partial charge on any atom is -0.388 e. The first-order valence-corrected chi connectivity index (χ1v) is 5.65. The zero-order valence-electron chi connectivity index (χ0n) is 9.99. The molecule has 0 radical (unpaired) electrons. The lowest BCUT2D eigenvalue weighted by atomic mass is 10.1. The van der Waals surface area contributed by atoms with Crippen molar-refractivity contribution in [3.8, 4) is 6.07 Å². The number of nitriles is 1. The Morgan fingerprint density at radius 2 is 2.26 bits per heavy atom. The minimum absolute atomic E-state index is 0.0287. The van der Waals surface area contributed by atoms with Crippen LogP contribution in [0.1, 0.15) is 23.2 Å². The fraction of sp³-hybridized carbons (Fsp3) is 0.231. The first-order chi connectivity index (χ1) is 9.15. The lowest BCUT2D eigenvalue weighted by Gasteiger charge is -2.15. The van der Waals surface area contributed by atoms with Crippen LogP contribution >= 0.6 is 0 Å². The standard InChI is InChI=1S/C13H12FN3O2/c14-11-5-9(7-15)1-2-10(11)6-13(19)17-4-3-16-12(17)8-18/h1-5,13,18-19H,6,8H2. The molecule has 2 N–H and O–H groups in total. The lowest BCUT2D eigenvalue weighted by molar-refractivity contribution is 0.0943. The van der Waals surface area contributed by atoms with Crippen LogP contribution in [-0.2, 0) is 13.0 Å². The molecule has 1 aromatic heterocycles.